The highest BCUT2D eigenvalue weighted by molar-refractivity contribution is 5.81. The zero-order valence-corrected chi connectivity index (χ0v) is 14.5. The lowest BCUT2D eigenvalue weighted by atomic mass is 10.1. The van der Waals surface area contributed by atoms with E-state index in [-0.39, 0.29) is 5.91 Å². The van der Waals surface area contributed by atoms with E-state index in [2.05, 4.69) is 10.8 Å². The summed E-state index contributed by atoms with van der Waals surface area (Å²) in [4.78, 5) is 17.1. The molecule has 0 unspecified atom stereocenters. The molecule has 2 N–H and O–H groups in total. The van der Waals surface area contributed by atoms with E-state index in [1.165, 1.54) is 7.11 Å². The molecule has 0 aliphatic rings. The van der Waals surface area contributed by atoms with Crippen molar-refractivity contribution in [3.63, 3.8) is 0 Å². The van der Waals surface area contributed by atoms with Crippen molar-refractivity contribution in [2.75, 3.05) is 53.8 Å². The van der Waals surface area contributed by atoms with E-state index in [0.717, 1.165) is 5.56 Å². The summed E-state index contributed by atoms with van der Waals surface area (Å²) in [6, 6.07) is 9.34. The summed E-state index contributed by atoms with van der Waals surface area (Å²) in [5, 5.41) is 2.83. The lowest BCUT2D eigenvalue weighted by molar-refractivity contribution is -0.126. The van der Waals surface area contributed by atoms with Gasteiger partial charge in [-0.3, -0.25) is 4.79 Å². The number of rotatable bonds is 14. The van der Waals surface area contributed by atoms with Crippen LogP contribution in [-0.4, -0.2) is 65.7 Å². The van der Waals surface area contributed by atoms with Crippen molar-refractivity contribution in [3.8, 4) is 0 Å². The molecule has 0 spiro atoms. The second-order valence-corrected chi connectivity index (χ2v) is 5.07. The SMILES string of the molecule is COCCOCCOCCNC(=O)[C@H](Cc1ccccc1)NOC. The van der Waals surface area contributed by atoms with Gasteiger partial charge in [0, 0.05) is 13.7 Å². The number of hydrogen-bond donors (Lipinski definition) is 2. The lowest BCUT2D eigenvalue weighted by Crippen LogP contribution is -2.46. The second-order valence-electron chi connectivity index (χ2n) is 5.07. The molecule has 0 heterocycles. The van der Waals surface area contributed by atoms with Crippen LogP contribution in [-0.2, 0) is 30.3 Å². The summed E-state index contributed by atoms with van der Waals surface area (Å²) in [7, 11) is 3.13. The molecule has 7 nitrogen and oxygen atoms in total. The molecule has 1 aromatic rings. The van der Waals surface area contributed by atoms with E-state index in [1.54, 1.807) is 7.11 Å². The number of amides is 1. The fourth-order valence-electron chi connectivity index (χ4n) is 2.01. The average Bonchev–Trinajstić information content (AvgIpc) is 2.60. The molecule has 1 amide bonds. The Morgan fingerprint density at radius 1 is 1.00 bits per heavy atom. The molecule has 0 saturated carbocycles. The Labute approximate surface area is 143 Å². The minimum Gasteiger partial charge on any atom is -0.382 e. The van der Waals surface area contributed by atoms with Gasteiger partial charge in [0.15, 0.2) is 0 Å². The van der Waals surface area contributed by atoms with Crippen LogP contribution >= 0.6 is 0 Å². The molecule has 1 atom stereocenters. The number of nitrogens with one attached hydrogen (secondary N) is 2. The van der Waals surface area contributed by atoms with Gasteiger partial charge in [-0.25, -0.2) is 0 Å². The van der Waals surface area contributed by atoms with E-state index in [4.69, 9.17) is 19.0 Å². The second kappa shape index (κ2) is 13.9. The first-order valence-electron chi connectivity index (χ1n) is 8.02. The molecule has 0 fully saturated rings. The molecule has 0 saturated heterocycles. The van der Waals surface area contributed by atoms with E-state index in [1.807, 2.05) is 30.3 Å². The van der Waals surface area contributed by atoms with Crippen LogP contribution < -0.4 is 10.8 Å². The third kappa shape index (κ3) is 9.59. The topological polar surface area (TPSA) is 78.0 Å². The Hall–Kier alpha value is -1.51. The van der Waals surface area contributed by atoms with Gasteiger partial charge in [0.2, 0.25) is 5.91 Å². The van der Waals surface area contributed by atoms with Gasteiger partial charge >= 0.3 is 0 Å². The van der Waals surface area contributed by atoms with Crippen molar-refractivity contribution in [1.82, 2.24) is 10.8 Å². The maximum atomic E-state index is 12.2. The van der Waals surface area contributed by atoms with Gasteiger partial charge in [0.1, 0.15) is 6.04 Å². The Morgan fingerprint density at radius 3 is 2.33 bits per heavy atom. The first-order chi connectivity index (χ1) is 11.8. The number of carbonyl (C=O) groups excluding carboxylic acids is 1. The fraction of sp³-hybridized carbons (Fsp3) is 0.588. The highest BCUT2D eigenvalue weighted by atomic mass is 16.6. The molecule has 1 rings (SSSR count). The largest absolute Gasteiger partial charge is 0.382 e. The molecule has 0 radical (unpaired) electrons. The van der Waals surface area contributed by atoms with Crippen LogP contribution in [0.5, 0.6) is 0 Å². The maximum absolute atomic E-state index is 12.2. The van der Waals surface area contributed by atoms with Gasteiger partial charge in [0.25, 0.3) is 0 Å². The van der Waals surface area contributed by atoms with Crippen molar-refractivity contribution >= 4 is 5.91 Å². The van der Waals surface area contributed by atoms with Crippen LogP contribution in [0.2, 0.25) is 0 Å². The summed E-state index contributed by atoms with van der Waals surface area (Å²) >= 11 is 0. The predicted molar refractivity (Wildman–Crippen MR) is 90.6 cm³/mol. The Balaban J connectivity index is 2.16. The quantitative estimate of drug-likeness (QED) is 0.380. The van der Waals surface area contributed by atoms with E-state index >= 15 is 0 Å². The van der Waals surface area contributed by atoms with Crippen LogP contribution in [0.1, 0.15) is 5.56 Å². The number of hydrogen-bond acceptors (Lipinski definition) is 6. The number of hydroxylamine groups is 1. The Morgan fingerprint density at radius 2 is 1.67 bits per heavy atom. The zero-order valence-electron chi connectivity index (χ0n) is 14.5. The molecule has 0 aliphatic heterocycles. The van der Waals surface area contributed by atoms with Crippen LogP contribution in [0.3, 0.4) is 0 Å². The van der Waals surface area contributed by atoms with Crippen molar-refractivity contribution in [2.24, 2.45) is 0 Å². The fourth-order valence-corrected chi connectivity index (χ4v) is 2.01. The van der Waals surface area contributed by atoms with Crippen LogP contribution in [0, 0.1) is 0 Å². The Kier molecular flexibility index (Phi) is 11.9. The molecule has 7 heteroatoms. The van der Waals surface area contributed by atoms with Gasteiger partial charge in [-0.05, 0) is 12.0 Å². The Bertz CT molecular complexity index is 430. The van der Waals surface area contributed by atoms with Gasteiger partial charge in [0.05, 0.1) is 40.1 Å². The van der Waals surface area contributed by atoms with Crippen LogP contribution in [0.4, 0.5) is 0 Å². The molecule has 1 aromatic carbocycles. The van der Waals surface area contributed by atoms with Gasteiger partial charge in [-0.1, -0.05) is 30.3 Å². The van der Waals surface area contributed by atoms with Crippen molar-refractivity contribution in [1.29, 1.82) is 0 Å². The maximum Gasteiger partial charge on any atom is 0.239 e. The normalized spacial score (nSPS) is 12.1. The van der Waals surface area contributed by atoms with E-state index in [0.29, 0.717) is 46.0 Å². The minimum atomic E-state index is -0.449. The third-order valence-electron chi connectivity index (χ3n) is 3.21. The molecule has 0 aromatic heterocycles. The summed E-state index contributed by atoms with van der Waals surface area (Å²) < 4.78 is 15.5. The molecular weight excluding hydrogens is 312 g/mol. The summed E-state index contributed by atoms with van der Waals surface area (Å²) in [5.74, 6) is -0.124. The minimum absolute atomic E-state index is 0.124. The molecular formula is C17H28N2O5. The highest BCUT2D eigenvalue weighted by Gasteiger charge is 2.18. The van der Waals surface area contributed by atoms with Crippen molar-refractivity contribution in [2.45, 2.75) is 12.5 Å². The van der Waals surface area contributed by atoms with E-state index < -0.39 is 6.04 Å². The van der Waals surface area contributed by atoms with Crippen LogP contribution in [0.25, 0.3) is 0 Å². The van der Waals surface area contributed by atoms with Gasteiger partial charge < -0.3 is 24.4 Å². The molecule has 24 heavy (non-hydrogen) atoms. The zero-order chi connectivity index (χ0) is 17.5. The van der Waals surface area contributed by atoms with Gasteiger partial charge in [-0.2, -0.15) is 5.48 Å². The third-order valence-corrected chi connectivity index (χ3v) is 3.21. The van der Waals surface area contributed by atoms with Crippen molar-refractivity contribution in [3.05, 3.63) is 35.9 Å². The summed E-state index contributed by atoms with van der Waals surface area (Å²) in [6.07, 6.45) is 0.550. The summed E-state index contributed by atoms with van der Waals surface area (Å²) in [6.45, 7) is 3.01. The van der Waals surface area contributed by atoms with Crippen molar-refractivity contribution < 1.29 is 23.8 Å². The first kappa shape index (κ1) is 20.5. The molecule has 0 aliphatic carbocycles. The predicted octanol–water partition coefficient (Wildman–Crippen LogP) is 0.545. The first-order valence-corrected chi connectivity index (χ1v) is 8.02. The summed E-state index contributed by atoms with van der Waals surface area (Å²) in [5.41, 5.74) is 3.79. The molecule has 0 bridgehead atoms. The number of carbonyl (C=O) groups is 1. The number of methoxy groups -OCH3 is 1. The highest BCUT2D eigenvalue weighted by Crippen LogP contribution is 2.03. The smallest absolute Gasteiger partial charge is 0.239 e. The monoisotopic (exact) mass is 340 g/mol. The lowest BCUT2D eigenvalue weighted by Gasteiger charge is -2.17. The van der Waals surface area contributed by atoms with Gasteiger partial charge in [-0.15, -0.1) is 0 Å². The van der Waals surface area contributed by atoms with Crippen LogP contribution in [0.15, 0.2) is 30.3 Å². The number of ether oxygens (including phenoxy) is 3. The number of benzene rings is 1. The standard InChI is InChI=1S/C17H28N2O5/c1-21-10-11-24-13-12-23-9-8-18-17(20)16(19-22-2)14-15-6-4-3-5-7-15/h3-7,16,19H,8-14H2,1-2H3,(H,18,20)/t16-/m0/s1. The van der Waals surface area contributed by atoms with E-state index in [9.17, 15) is 4.79 Å². The molecule has 136 valence electrons. The average molecular weight is 340 g/mol.